The fourth-order valence-electron chi connectivity index (χ4n) is 11.4. The van der Waals surface area contributed by atoms with Crippen LogP contribution in [0.15, 0.2) is 134 Å². The number of amides is 1. The van der Waals surface area contributed by atoms with Crippen LogP contribution in [0, 0.1) is 17.8 Å². The van der Waals surface area contributed by atoms with E-state index in [1.165, 1.54) is 6.08 Å². The Hall–Kier alpha value is -5.73. The maximum atomic E-state index is 12.9. The molecule has 0 saturated carbocycles. The van der Waals surface area contributed by atoms with Crippen LogP contribution in [0.4, 0.5) is 4.79 Å². The van der Waals surface area contributed by atoms with Crippen LogP contribution < -0.4 is 10.6 Å². The first kappa shape index (κ1) is 69.4. The van der Waals surface area contributed by atoms with Crippen molar-refractivity contribution in [2.45, 2.75) is 189 Å². The number of aliphatic carboxylic acids is 1. The molecule has 2 aromatic carbocycles. The average molecular weight is 1200 g/mol. The number of aliphatic hydroxyl groups excluding tert-OH is 9. The van der Waals surface area contributed by atoms with Crippen molar-refractivity contribution in [1.29, 1.82) is 0 Å². The number of cyclic esters (lactones) is 1. The molecule has 474 valence electrons. The zero-order valence-corrected chi connectivity index (χ0v) is 49.3. The van der Waals surface area contributed by atoms with Crippen LogP contribution in [0.5, 0.6) is 0 Å². The Labute approximate surface area is 503 Å². The summed E-state index contributed by atoms with van der Waals surface area (Å²) in [5.74, 6) is -7.10. The number of carboxylic acid groups (broad SMARTS) is 1. The van der Waals surface area contributed by atoms with E-state index >= 15 is 0 Å². The molecule has 3 aliphatic heterocycles. The molecule has 2 saturated heterocycles. The molecule has 2 aromatic rings. The Bertz CT molecular complexity index is 2630. The lowest BCUT2D eigenvalue weighted by Crippen LogP contribution is -2.63. The highest BCUT2D eigenvalue weighted by Crippen LogP contribution is 2.45. The van der Waals surface area contributed by atoms with Crippen LogP contribution in [0.3, 0.4) is 0 Å². The highest BCUT2D eigenvalue weighted by atomic mass is 16.7. The summed E-state index contributed by atoms with van der Waals surface area (Å²) in [5, 5.41) is 128. The molecule has 21 heteroatoms. The first-order valence-electron chi connectivity index (χ1n) is 29.8. The van der Waals surface area contributed by atoms with Crippen molar-refractivity contribution < 1.29 is 94.2 Å². The van der Waals surface area contributed by atoms with Crippen molar-refractivity contribution >= 4 is 18.0 Å². The summed E-state index contributed by atoms with van der Waals surface area (Å²) >= 11 is 0. The third-order valence-corrected chi connectivity index (χ3v) is 16.3. The number of fused-ring (bicyclic) bond motifs is 5. The van der Waals surface area contributed by atoms with Gasteiger partial charge < -0.3 is 90.5 Å². The van der Waals surface area contributed by atoms with E-state index in [1.807, 2.05) is 73.7 Å². The maximum absolute atomic E-state index is 12.9. The van der Waals surface area contributed by atoms with E-state index in [0.29, 0.717) is 6.42 Å². The van der Waals surface area contributed by atoms with E-state index in [-0.39, 0.29) is 57.2 Å². The molecule has 1 amide bonds. The Balaban J connectivity index is 1.13. The Morgan fingerprint density at radius 1 is 0.640 bits per heavy atom. The lowest BCUT2D eigenvalue weighted by atomic mass is 9.82. The van der Waals surface area contributed by atoms with Crippen molar-refractivity contribution in [2.24, 2.45) is 17.8 Å². The second-order valence-corrected chi connectivity index (χ2v) is 23.1. The lowest BCUT2D eigenvalue weighted by Gasteiger charge is -2.45. The number of carbonyl (C=O) groups is 3. The number of rotatable bonds is 10. The number of hydrogen-bond donors (Lipinski definition) is 13. The molecule has 0 spiro atoms. The van der Waals surface area contributed by atoms with Gasteiger partial charge in [0.25, 0.3) is 0 Å². The van der Waals surface area contributed by atoms with Crippen LogP contribution in [0.25, 0.3) is 11.1 Å². The molecule has 0 radical (unpaired) electrons. The Kier molecular flexibility index (Phi) is 27.5. The van der Waals surface area contributed by atoms with Crippen molar-refractivity contribution in [3.8, 4) is 11.1 Å². The molecule has 1 aliphatic carbocycles. The van der Waals surface area contributed by atoms with Crippen LogP contribution in [0.2, 0.25) is 0 Å². The number of carbonyl (C=O) groups excluding carboxylic acids is 2. The number of aliphatic hydroxyl groups is 10. The number of ether oxygens (including phenoxy) is 5. The monoisotopic (exact) mass is 1200 g/mol. The zero-order chi connectivity index (χ0) is 62.5. The minimum atomic E-state index is -2.37. The van der Waals surface area contributed by atoms with Gasteiger partial charge >= 0.3 is 18.0 Å². The second-order valence-electron chi connectivity index (χ2n) is 23.1. The molecule has 0 aromatic heterocycles. The molecule has 86 heavy (non-hydrogen) atoms. The van der Waals surface area contributed by atoms with Gasteiger partial charge in [-0.1, -0.05) is 147 Å². The quantitative estimate of drug-likeness (QED) is 0.117. The summed E-state index contributed by atoms with van der Waals surface area (Å²) in [6.45, 7) is 7.35. The number of nitrogens with one attached hydrogen (secondary N) is 2. The average Bonchev–Trinajstić information content (AvgIpc) is 2.65. The van der Waals surface area contributed by atoms with Gasteiger partial charge in [-0.05, 0) is 68.3 Å². The van der Waals surface area contributed by atoms with E-state index < -0.39 is 153 Å². The molecule has 21 nitrogen and oxygen atoms in total. The molecule has 19 atom stereocenters. The van der Waals surface area contributed by atoms with Crippen LogP contribution in [-0.2, 0) is 33.3 Å². The highest BCUT2D eigenvalue weighted by Gasteiger charge is 2.51. The molecule has 2 bridgehead atoms. The molecule has 3 heterocycles. The van der Waals surface area contributed by atoms with E-state index in [9.17, 15) is 70.6 Å². The van der Waals surface area contributed by atoms with Gasteiger partial charge in [0.15, 0.2) is 12.1 Å². The number of esters is 1. The molecule has 13 N–H and O–H groups in total. The molecule has 6 rings (SSSR count). The summed E-state index contributed by atoms with van der Waals surface area (Å²) < 4.78 is 29.6. The maximum Gasteiger partial charge on any atom is 0.407 e. The zero-order valence-electron chi connectivity index (χ0n) is 49.3. The van der Waals surface area contributed by atoms with Crippen molar-refractivity contribution in [3.63, 3.8) is 0 Å². The predicted octanol–water partition coefficient (Wildman–Crippen LogP) is 4.27. The summed E-state index contributed by atoms with van der Waals surface area (Å²) in [7, 11) is 0. The van der Waals surface area contributed by atoms with Gasteiger partial charge in [-0.2, -0.15) is 0 Å². The van der Waals surface area contributed by atoms with Crippen molar-refractivity contribution in [3.05, 3.63) is 145 Å². The summed E-state index contributed by atoms with van der Waals surface area (Å²) in [5.41, 5.74) is 4.37. The van der Waals surface area contributed by atoms with Gasteiger partial charge in [-0.3, -0.25) is 9.59 Å². The largest absolute Gasteiger partial charge is 0.481 e. The number of allylic oxidation sites excluding steroid dienone is 12. The van der Waals surface area contributed by atoms with Gasteiger partial charge in [-0.15, -0.1) is 0 Å². The first-order chi connectivity index (χ1) is 41.0. The number of benzene rings is 2. The molecular weight excluding hydrogens is 1110 g/mol. The number of alkyl carbamates (subject to hydrolysis) is 1. The van der Waals surface area contributed by atoms with Crippen LogP contribution in [-0.4, -0.2) is 191 Å². The normalized spacial score (nSPS) is 37.7. The number of carboxylic acids is 1. The lowest BCUT2D eigenvalue weighted by molar-refractivity contribution is -0.309. The van der Waals surface area contributed by atoms with E-state index in [2.05, 4.69) is 10.6 Å². The van der Waals surface area contributed by atoms with Crippen molar-refractivity contribution in [1.82, 2.24) is 10.6 Å². The van der Waals surface area contributed by atoms with Gasteiger partial charge in [-0.25, -0.2) is 4.79 Å². The minimum Gasteiger partial charge on any atom is -0.481 e. The Morgan fingerprint density at radius 3 is 1.85 bits per heavy atom. The molecular formula is C65H90N2O19. The standard InChI is InChI=1S/C65H90N2O19/c1-39-22-15-13-11-9-7-5-6-8-10-12-14-16-23-46(85-63-61(77)58(60(76)42(4)84-63)66-30-21-31-67-64(80)82-38-51-49-26-19-17-24-47(49)48-25-18-20-27-50(48)51)35-55-57(62(78)79)54(73)37-65(81,86-55)36-45(70)33-53(72)52(71)29-28-43(68)32-44(69)34-56(74)83-41(3)40(2)59(39)75/h5-20,22-27,39-46,51-55,57-61,63,66,68-73,75-77,81H,21,28-38H2,1-4H3,(H,67,80)(H,78,79)/b6-5+,9-7+,10-8+,13-11+,14-12+,22-15+,23-16+/t39-,40-,41-,42+,43+,44+,45-,46-,52+,53+,54-,55?,57+,58-,59+,60+,61-,63-,65+/m0/s1. The van der Waals surface area contributed by atoms with E-state index in [0.717, 1.165) is 22.3 Å². The second kappa shape index (κ2) is 34.1. The molecule has 1 unspecified atom stereocenters. The minimum absolute atomic E-state index is 0.115. The predicted molar refractivity (Wildman–Crippen MR) is 318 cm³/mol. The SMILES string of the molecule is C[C@@H]1[C@H](O)[C@@H](C)/C=C/C=C/C=C/C=C/C=C/C=C/C=C/[C@H](O[C@@H]2O[C@H](C)[C@@H](O)[C@H](NCCCNC(=O)OCC3c4ccccc4-c4ccccc43)[C@@H]2O)CC2O[C@](O)(C[C@@H](O)C[C@@H](O)[C@H](O)CC[C@@H](O)C[C@@H](O)CC(=O)O[C@H]1C)C[C@H](O)[C@H]2C(=O)O. The van der Waals surface area contributed by atoms with Crippen molar-refractivity contribution in [2.75, 3.05) is 19.7 Å². The molecule has 2 fully saturated rings. The van der Waals surface area contributed by atoms with Gasteiger partial charge in [0.1, 0.15) is 24.7 Å². The fraction of sp³-hybridized carbons (Fsp3) is 0.554. The summed E-state index contributed by atoms with van der Waals surface area (Å²) in [6.07, 6.45) is 2.64. The first-order valence-corrected chi connectivity index (χ1v) is 29.8. The van der Waals surface area contributed by atoms with E-state index in [4.69, 9.17) is 23.7 Å². The van der Waals surface area contributed by atoms with Crippen LogP contribution in [0.1, 0.15) is 103 Å². The number of hydrogen-bond acceptors (Lipinski definition) is 19. The van der Waals surface area contributed by atoms with Gasteiger partial charge in [0, 0.05) is 50.0 Å². The van der Waals surface area contributed by atoms with Gasteiger partial charge in [0.05, 0.1) is 79.6 Å². The highest BCUT2D eigenvalue weighted by molar-refractivity contribution is 5.79. The molecule has 4 aliphatic rings. The fourth-order valence-corrected chi connectivity index (χ4v) is 11.4. The third kappa shape index (κ3) is 20.7. The summed E-state index contributed by atoms with van der Waals surface area (Å²) in [6, 6.07) is 15.0. The Morgan fingerprint density at radius 2 is 1.23 bits per heavy atom. The van der Waals surface area contributed by atoms with E-state index in [1.54, 1.807) is 81.5 Å². The summed E-state index contributed by atoms with van der Waals surface area (Å²) in [4.78, 5) is 38.4. The topological polar surface area (TPSA) is 344 Å². The van der Waals surface area contributed by atoms with Crippen LogP contribution >= 0.6 is 0 Å². The van der Waals surface area contributed by atoms with Gasteiger partial charge in [0.2, 0.25) is 0 Å². The smallest absolute Gasteiger partial charge is 0.407 e. The third-order valence-electron chi connectivity index (χ3n) is 16.3.